The summed E-state index contributed by atoms with van der Waals surface area (Å²) in [5.41, 5.74) is 3.88. The molecule has 0 spiro atoms. The van der Waals surface area contributed by atoms with Crippen molar-refractivity contribution in [1.29, 1.82) is 0 Å². The molecule has 2 aromatic rings. The molecule has 5 heteroatoms. The number of ether oxygens (including phenoxy) is 1. The van der Waals surface area contributed by atoms with Gasteiger partial charge in [0.2, 0.25) is 5.91 Å². The largest absolute Gasteiger partial charge is 0.376 e. The quantitative estimate of drug-likeness (QED) is 0.774. The number of hydrogen-bond donors (Lipinski definition) is 2. The Morgan fingerprint density at radius 3 is 2.61 bits per heavy atom. The van der Waals surface area contributed by atoms with Crippen LogP contribution in [0.3, 0.4) is 0 Å². The van der Waals surface area contributed by atoms with Gasteiger partial charge < -0.3 is 15.4 Å². The van der Waals surface area contributed by atoms with Crippen LogP contribution in [0.5, 0.6) is 0 Å². The molecule has 1 saturated heterocycles. The van der Waals surface area contributed by atoms with Gasteiger partial charge in [0, 0.05) is 31.7 Å². The van der Waals surface area contributed by atoms with E-state index in [4.69, 9.17) is 4.74 Å². The van der Waals surface area contributed by atoms with E-state index in [1.54, 1.807) is 0 Å². The van der Waals surface area contributed by atoms with Gasteiger partial charge in [0.25, 0.3) is 5.91 Å². The first-order valence-electron chi connectivity index (χ1n) is 9.87. The van der Waals surface area contributed by atoms with E-state index in [1.165, 1.54) is 6.92 Å². The molecule has 2 atom stereocenters. The lowest BCUT2D eigenvalue weighted by Crippen LogP contribution is -2.31. The van der Waals surface area contributed by atoms with Gasteiger partial charge in [0.05, 0.1) is 6.10 Å². The monoisotopic (exact) mass is 380 g/mol. The zero-order valence-corrected chi connectivity index (χ0v) is 16.5. The summed E-state index contributed by atoms with van der Waals surface area (Å²) in [6, 6.07) is 16.0. The predicted octanol–water partition coefficient (Wildman–Crippen LogP) is 3.33. The molecule has 2 aromatic carbocycles. The normalized spacial score (nSPS) is 17.1. The molecule has 1 fully saturated rings. The maximum Gasteiger partial charge on any atom is 0.251 e. The van der Waals surface area contributed by atoms with E-state index in [-0.39, 0.29) is 24.0 Å². The van der Waals surface area contributed by atoms with Crippen LogP contribution in [0.4, 0.5) is 0 Å². The summed E-state index contributed by atoms with van der Waals surface area (Å²) in [6.45, 7) is 4.87. The van der Waals surface area contributed by atoms with E-state index in [0.717, 1.165) is 42.6 Å². The summed E-state index contributed by atoms with van der Waals surface area (Å²) >= 11 is 0. The van der Waals surface area contributed by atoms with E-state index >= 15 is 0 Å². The number of benzene rings is 2. The first-order valence-corrected chi connectivity index (χ1v) is 9.87. The van der Waals surface area contributed by atoms with Crippen molar-refractivity contribution in [2.24, 2.45) is 0 Å². The van der Waals surface area contributed by atoms with Gasteiger partial charge in [-0.2, -0.15) is 0 Å². The van der Waals surface area contributed by atoms with Crippen LogP contribution in [0, 0.1) is 0 Å². The van der Waals surface area contributed by atoms with Gasteiger partial charge in [-0.1, -0.05) is 36.4 Å². The Morgan fingerprint density at radius 2 is 1.93 bits per heavy atom. The summed E-state index contributed by atoms with van der Waals surface area (Å²) in [5, 5.41) is 5.86. The van der Waals surface area contributed by atoms with Crippen molar-refractivity contribution in [1.82, 2.24) is 10.6 Å². The Balaban J connectivity index is 1.62. The van der Waals surface area contributed by atoms with E-state index in [9.17, 15) is 9.59 Å². The van der Waals surface area contributed by atoms with E-state index in [2.05, 4.69) is 34.9 Å². The third-order valence-corrected chi connectivity index (χ3v) is 4.92. The Kier molecular flexibility index (Phi) is 6.82. The molecule has 1 aliphatic heterocycles. The van der Waals surface area contributed by atoms with Gasteiger partial charge in [-0.25, -0.2) is 0 Å². The number of nitrogens with one attached hydrogen (secondary N) is 2. The van der Waals surface area contributed by atoms with Gasteiger partial charge in [-0.15, -0.1) is 0 Å². The van der Waals surface area contributed by atoms with Crippen LogP contribution in [0.15, 0.2) is 48.5 Å². The van der Waals surface area contributed by atoms with Gasteiger partial charge in [-0.05, 0) is 55.0 Å². The highest BCUT2D eigenvalue weighted by atomic mass is 16.5. The molecule has 2 unspecified atom stereocenters. The molecule has 1 heterocycles. The zero-order valence-electron chi connectivity index (χ0n) is 16.5. The van der Waals surface area contributed by atoms with Crippen LogP contribution in [-0.4, -0.2) is 37.1 Å². The number of rotatable bonds is 7. The minimum atomic E-state index is -0.0712. The topological polar surface area (TPSA) is 67.4 Å². The molecular formula is C23H28N2O3. The molecule has 0 aliphatic carbocycles. The minimum absolute atomic E-state index is 0.0151. The van der Waals surface area contributed by atoms with Crippen molar-refractivity contribution >= 4 is 11.8 Å². The van der Waals surface area contributed by atoms with Gasteiger partial charge in [0.15, 0.2) is 0 Å². The maximum absolute atomic E-state index is 12.4. The van der Waals surface area contributed by atoms with Crippen molar-refractivity contribution in [2.75, 3.05) is 13.2 Å². The number of carbonyl (C=O) groups excluding carboxylic acids is 2. The summed E-state index contributed by atoms with van der Waals surface area (Å²) in [5.74, 6) is -0.0863. The fourth-order valence-corrected chi connectivity index (χ4v) is 3.54. The Bertz CT molecular complexity index is 811. The number of amides is 2. The van der Waals surface area contributed by atoms with Crippen LogP contribution in [0.25, 0.3) is 11.1 Å². The Morgan fingerprint density at radius 1 is 1.14 bits per heavy atom. The molecule has 5 nitrogen and oxygen atoms in total. The van der Waals surface area contributed by atoms with Crippen LogP contribution in [0.1, 0.15) is 42.6 Å². The lowest BCUT2D eigenvalue weighted by molar-refractivity contribution is -0.119. The summed E-state index contributed by atoms with van der Waals surface area (Å²) in [4.78, 5) is 23.6. The fourth-order valence-electron chi connectivity index (χ4n) is 3.54. The first-order chi connectivity index (χ1) is 13.5. The first kappa shape index (κ1) is 20.1. The molecule has 0 bridgehead atoms. The SMILES string of the molecule is CC(=O)NC(C)Cc1ccc(-c2cccc(C(=O)NCC3CCCO3)c2)cc1. The maximum atomic E-state index is 12.4. The van der Waals surface area contributed by atoms with Crippen LogP contribution >= 0.6 is 0 Å². The van der Waals surface area contributed by atoms with Gasteiger partial charge in [-0.3, -0.25) is 9.59 Å². The average molecular weight is 380 g/mol. The molecular weight excluding hydrogens is 352 g/mol. The zero-order chi connectivity index (χ0) is 19.9. The third kappa shape index (κ3) is 5.67. The van der Waals surface area contributed by atoms with Gasteiger partial charge in [0.1, 0.15) is 0 Å². The lowest BCUT2D eigenvalue weighted by atomic mass is 9.99. The molecule has 2 N–H and O–H groups in total. The summed E-state index contributed by atoms with van der Waals surface area (Å²) in [6.07, 6.45) is 2.99. The molecule has 0 aromatic heterocycles. The second-order valence-corrected chi connectivity index (χ2v) is 7.43. The molecule has 0 saturated carbocycles. The van der Waals surface area contributed by atoms with Crippen molar-refractivity contribution < 1.29 is 14.3 Å². The van der Waals surface area contributed by atoms with E-state index < -0.39 is 0 Å². The van der Waals surface area contributed by atoms with Crippen LogP contribution < -0.4 is 10.6 Å². The van der Waals surface area contributed by atoms with Crippen molar-refractivity contribution in [2.45, 2.75) is 45.3 Å². The average Bonchev–Trinajstić information content (AvgIpc) is 3.20. The molecule has 148 valence electrons. The summed E-state index contributed by atoms with van der Waals surface area (Å²) < 4.78 is 5.55. The Labute approximate surface area is 166 Å². The van der Waals surface area contributed by atoms with Crippen molar-refractivity contribution in [3.05, 3.63) is 59.7 Å². The van der Waals surface area contributed by atoms with E-state index in [1.807, 2.05) is 31.2 Å². The highest BCUT2D eigenvalue weighted by Gasteiger charge is 2.16. The number of hydrogen-bond acceptors (Lipinski definition) is 3. The third-order valence-electron chi connectivity index (χ3n) is 4.92. The highest BCUT2D eigenvalue weighted by molar-refractivity contribution is 5.95. The second kappa shape index (κ2) is 9.51. The lowest BCUT2D eigenvalue weighted by Gasteiger charge is -2.13. The van der Waals surface area contributed by atoms with Crippen LogP contribution in [0.2, 0.25) is 0 Å². The smallest absolute Gasteiger partial charge is 0.251 e. The summed E-state index contributed by atoms with van der Waals surface area (Å²) in [7, 11) is 0. The minimum Gasteiger partial charge on any atom is -0.376 e. The molecule has 2 amide bonds. The number of carbonyl (C=O) groups is 2. The van der Waals surface area contributed by atoms with Crippen molar-refractivity contribution in [3.8, 4) is 11.1 Å². The predicted molar refractivity (Wildman–Crippen MR) is 110 cm³/mol. The second-order valence-electron chi connectivity index (χ2n) is 7.43. The van der Waals surface area contributed by atoms with Gasteiger partial charge >= 0.3 is 0 Å². The molecule has 1 aliphatic rings. The molecule has 0 radical (unpaired) electrons. The molecule has 28 heavy (non-hydrogen) atoms. The fraction of sp³-hybridized carbons (Fsp3) is 0.391. The van der Waals surface area contributed by atoms with E-state index in [0.29, 0.717) is 12.1 Å². The highest BCUT2D eigenvalue weighted by Crippen LogP contribution is 2.22. The van der Waals surface area contributed by atoms with Crippen molar-refractivity contribution in [3.63, 3.8) is 0 Å². The molecule has 3 rings (SSSR count). The van der Waals surface area contributed by atoms with Crippen LogP contribution in [-0.2, 0) is 16.0 Å². The Hall–Kier alpha value is -2.66. The standard InChI is InChI=1S/C23H28N2O3/c1-16(25-17(2)26)13-18-8-10-19(11-9-18)20-5-3-6-21(14-20)23(27)24-15-22-7-4-12-28-22/h3,5-6,8-11,14,16,22H,4,7,12-13,15H2,1-2H3,(H,24,27)(H,25,26).